The maximum atomic E-state index is 15.4. The van der Waals surface area contributed by atoms with Crippen molar-refractivity contribution in [2.45, 2.75) is 103 Å². The van der Waals surface area contributed by atoms with Gasteiger partial charge in [0.2, 0.25) is 0 Å². The summed E-state index contributed by atoms with van der Waals surface area (Å²) in [6.07, 6.45) is 7.23. The molecular formula is C38H48Br2O2. The van der Waals surface area contributed by atoms with Crippen LogP contribution in [0, 0.1) is 44.3 Å². The molecule has 6 rings (SSSR count). The monoisotopic (exact) mass is 694 g/mol. The Hall–Kier alpha value is -1.26. The summed E-state index contributed by atoms with van der Waals surface area (Å²) >= 11 is 8.07. The third-order valence-electron chi connectivity index (χ3n) is 14.2. The number of carbonyl (C=O) groups is 2. The number of carbonyl (C=O) groups excluding carboxylic acids is 2. The van der Waals surface area contributed by atoms with E-state index < -0.39 is 10.8 Å². The predicted octanol–water partition coefficient (Wildman–Crippen LogP) is 10.8. The molecule has 4 heteroatoms. The number of rotatable bonds is 9. The first-order valence-electron chi connectivity index (χ1n) is 16.2. The molecule has 42 heavy (non-hydrogen) atoms. The van der Waals surface area contributed by atoms with Gasteiger partial charge in [0.15, 0.2) is 0 Å². The van der Waals surface area contributed by atoms with E-state index in [-0.39, 0.29) is 43.2 Å². The summed E-state index contributed by atoms with van der Waals surface area (Å²) in [4.78, 5) is 31.2. The molecule has 2 nitrogen and oxygen atoms in total. The maximum absolute atomic E-state index is 15.4. The Kier molecular flexibility index (Phi) is 7.42. The van der Waals surface area contributed by atoms with Crippen LogP contribution in [0.4, 0.5) is 0 Å². The van der Waals surface area contributed by atoms with E-state index >= 15 is 9.59 Å². The first kappa shape index (κ1) is 30.8. The van der Waals surface area contributed by atoms with Crippen LogP contribution in [0.3, 0.4) is 0 Å². The van der Waals surface area contributed by atoms with Gasteiger partial charge >= 0.3 is 0 Å². The zero-order valence-corrected chi connectivity index (χ0v) is 29.5. The fourth-order valence-corrected chi connectivity index (χ4v) is 12.3. The van der Waals surface area contributed by atoms with Crippen LogP contribution in [0.2, 0.25) is 0 Å². The van der Waals surface area contributed by atoms with Gasteiger partial charge in [-0.05, 0) is 85.2 Å². The molecule has 0 radical (unpaired) electrons. The SMILES string of the molecule is CC1(C)[C@@H]2CC[C@@]1(C)C(=O)[C@@]2(CC[C@H](Br)c1ccccc1)[C@@]1(CC[C@H](Br)c2ccccc2)C(=O)[C@@]2(C)CC[C@H]1C2(C)C. The summed E-state index contributed by atoms with van der Waals surface area (Å²) in [5, 5.41) is 0. The van der Waals surface area contributed by atoms with E-state index in [0.717, 1.165) is 51.4 Å². The zero-order valence-electron chi connectivity index (χ0n) is 26.3. The zero-order chi connectivity index (χ0) is 30.3. The number of alkyl halides is 2. The quantitative estimate of drug-likeness (QED) is 0.245. The van der Waals surface area contributed by atoms with Gasteiger partial charge in [0.25, 0.3) is 0 Å². The molecule has 4 aliphatic carbocycles. The van der Waals surface area contributed by atoms with Crippen LogP contribution in [0.25, 0.3) is 0 Å². The highest BCUT2D eigenvalue weighted by atomic mass is 79.9. The van der Waals surface area contributed by atoms with Gasteiger partial charge in [0.05, 0.1) is 0 Å². The van der Waals surface area contributed by atoms with E-state index in [1.807, 2.05) is 0 Å². The largest absolute Gasteiger partial charge is 0.298 e. The second-order valence-electron chi connectivity index (χ2n) is 15.7. The standard InChI is InChI=1S/C38H48Br2O2/c1-33(2)29-19-21-35(33,5)31(41)37(29,23-17-27(39)25-13-9-7-10-14-25)38(24-18-28(40)26-15-11-8-12-16-26)30-20-22-36(6,32(38)42)34(30,3)4/h7-16,27-30H,17-24H2,1-6H3/t27-,28-,29-,30-,35-,36+,37-,38+/m0/s1. The minimum atomic E-state index is -0.648. The van der Waals surface area contributed by atoms with Crippen molar-refractivity contribution in [3.63, 3.8) is 0 Å². The van der Waals surface area contributed by atoms with Gasteiger partial charge in [-0.3, -0.25) is 9.59 Å². The second-order valence-corrected chi connectivity index (χ2v) is 17.9. The first-order chi connectivity index (χ1) is 19.7. The molecule has 0 spiro atoms. The van der Waals surface area contributed by atoms with Crippen molar-refractivity contribution in [2.75, 3.05) is 0 Å². The van der Waals surface area contributed by atoms with Crippen molar-refractivity contribution in [1.29, 1.82) is 0 Å². The van der Waals surface area contributed by atoms with Crippen molar-refractivity contribution < 1.29 is 9.59 Å². The summed E-state index contributed by atoms with van der Waals surface area (Å²) < 4.78 is 0. The van der Waals surface area contributed by atoms with Crippen LogP contribution < -0.4 is 0 Å². The summed E-state index contributed by atoms with van der Waals surface area (Å²) in [7, 11) is 0. The van der Waals surface area contributed by atoms with Crippen molar-refractivity contribution in [3.05, 3.63) is 71.8 Å². The molecule has 0 aliphatic heterocycles. The number of hydrogen-bond acceptors (Lipinski definition) is 2. The number of halogens is 2. The minimum absolute atomic E-state index is 0.133. The van der Waals surface area contributed by atoms with Crippen molar-refractivity contribution in [3.8, 4) is 0 Å². The Morgan fingerprint density at radius 2 is 0.952 bits per heavy atom. The molecule has 226 valence electrons. The average molecular weight is 697 g/mol. The molecule has 0 heterocycles. The number of Topliss-reactive ketones (excluding diaryl/α,β-unsaturated/α-hetero) is 2. The third kappa shape index (κ3) is 3.72. The molecule has 4 saturated carbocycles. The molecule has 4 bridgehead atoms. The Morgan fingerprint density at radius 3 is 1.24 bits per heavy atom. The predicted molar refractivity (Wildman–Crippen MR) is 179 cm³/mol. The molecule has 0 saturated heterocycles. The molecule has 0 N–H and O–H groups in total. The molecule has 0 unspecified atom stereocenters. The van der Waals surface area contributed by atoms with Crippen molar-refractivity contribution in [2.24, 2.45) is 44.3 Å². The van der Waals surface area contributed by atoms with Crippen LogP contribution in [0.15, 0.2) is 60.7 Å². The van der Waals surface area contributed by atoms with Crippen molar-refractivity contribution >= 4 is 43.4 Å². The van der Waals surface area contributed by atoms with Gasteiger partial charge in [-0.25, -0.2) is 0 Å². The molecular weight excluding hydrogens is 648 g/mol. The fourth-order valence-electron chi connectivity index (χ4n) is 11.3. The number of hydrogen-bond donors (Lipinski definition) is 0. The first-order valence-corrected chi connectivity index (χ1v) is 18.0. The van der Waals surface area contributed by atoms with Gasteiger partial charge in [-0.1, -0.05) is 134 Å². The highest BCUT2D eigenvalue weighted by Gasteiger charge is 2.85. The molecule has 4 aliphatic rings. The van der Waals surface area contributed by atoms with Crippen LogP contribution in [0.5, 0.6) is 0 Å². The molecule has 4 fully saturated rings. The van der Waals surface area contributed by atoms with E-state index in [4.69, 9.17) is 0 Å². The highest BCUT2D eigenvalue weighted by molar-refractivity contribution is 9.09. The molecule has 8 atom stereocenters. The number of fused-ring (bicyclic) bond motifs is 4. The van der Waals surface area contributed by atoms with Crippen LogP contribution in [-0.4, -0.2) is 11.6 Å². The fraction of sp³-hybridized carbons (Fsp3) is 0.632. The number of ketones is 2. The minimum Gasteiger partial charge on any atom is -0.298 e. The molecule has 0 aromatic heterocycles. The lowest BCUT2D eigenvalue weighted by Crippen LogP contribution is -2.60. The van der Waals surface area contributed by atoms with Gasteiger partial charge in [0.1, 0.15) is 11.6 Å². The van der Waals surface area contributed by atoms with E-state index in [1.165, 1.54) is 11.1 Å². The second kappa shape index (κ2) is 10.1. The Labute approximate surface area is 270 Å². The Morgan fingerprint density at radius 1 is 0.619 bits per heavy atom. The third-order valence-corrected chi connectivity index (χ3v) is 16.1. The number of benzene rings is 2. The van der Waals surface area contributed by atoms with E-state index in [9.17, 15) is 0 Å². The maximum Gasteiger partial charge on any atom is 0.146 e. The van der Waals surface area contributed by atoms with Gasteiger partial charge in [-0.2, -0.15) is 0 Å². The smallest absolute Gasteiger partial charge is 0.146 e. The lowest BCUT2D eigenvalue weighted by Gasteiger charge is -2.56. The molecule has 0 amide bonds. The lowest BCUT2D eigenvalue weighted by atomic mass is 9.45. The van der Waals surface area contributed by atoms with Crippen LogP contribution in [0.1, 0.15) is 114 Å². The summed E-state index contributed by atoms with van der Waals surface area (Å²) in [6.45, 7) is 13.9. The van der Waals surface area contributed by atoms with Crippen molar-refractivity contribution in [1.82, 2.24) is 0 Å². The summed E-state index contributed by atoms with van der Waals surface area (Å²) in [5.74, 6) is 1.25. The Balaban J connectivity index is 1.51. The van der Waals surface area contributed by atoms with Crippen LogP contribution >= 0.6 is 31.9 Å². The van der Waals surface area contributed by atoms with Gasteiger partial charge < -0.3 is 0 Å². The summed E-state index contributed by atoms with van der Waals surface area (Å²) in [5.41, 5.74) is 0.158. The summed E-state index contributed by atoms with van der Waals surface area (Å²) in [6, 6.07) is 21.2. The normalized spacial score (nSPS) is 39.1. The lowest BCUT2D eigenvalue weighted by molar-refractivity contribution is -0.167. The van der Waals surface area contributed by atoms with E-state index in [0.29, 0.717) is 11.6 Å². The van der Waals surface area contributed by atoms with Gasteiger partial charge in [-0.15, -0.1) is 0 Å². The average Bonchev–Trinajstić information content (AvgIpc) is 3.46. The molecule has 2 aromatic rings. The molecule has 2 aromatic carbocycles. The Bertz CT molecular complexity index is 1260. The van der Waals surface area contributed by atoms with E-state index in [1.54, 1.807) is 0 Å². The van der Waals surface area contributed by atoms with E-state index in [2.05, 4.69) is 134 Å². The topological polar surface area (TPSA) is 34.1 Å². The highest BCUT2D eigenvalue weighted by Crippen LogP contribution is 2.83. The van der Waals surface area contributed by atoms with Gasteiger partial charge in [0, 0.05) is 31.3 Å². The van der Waals surface area contributed by atoms with Crippen LogP contribution in [-0.2, 0) is 9.59 Å².